The normalized spacial score (nSPS) is 11.6. The Hall–Kier alpha value is -2.80. The number of aromatic nitrogens is 2. The molecule has 0 aliphatic heterocycles. The number of rotatable bonds is 6. The maximum atomic E-state index is 13.1. The number of nitrogens with one attached hydrogen (secondary N) is 1. The molecule has 3 rings (SSSR count). The largest absolute Gasteiger partial charge is 0.455 e. The van der Waals surface area contributed by atoms with Crippen LogP contribution in [0, 0.1) is 13.8 Å². The molecule has 27 heavy (non-hydrogen) atoms. The fraction of sp³-hybridized carbons (Fsp3) is 0.250. The van der Waals surface area contributed by atoms with E-state index in [9.17, 15) is 8.42 Å². The van der Waals surface area contributed by atoms with Crippen molar-refractivity contribution in [1.82, 2.24) is 9.78 Å². The molecule has 1 N–H and O–H groups in total. The van der Waals surface area contributed by atoms with E-state index in [1.807, 2.05) is 44.2 Å². The third kappa shape index (κ3) is 3.98. The van der Waals surface area contributed by atoms with Crippen LogP contribution in [0.1, 0.15) is 31.3 Å². The maximum Gasteiger partial charge on any atom is 0.265 e. The van der Waals surface area contributed by atoms with E-state index in [0.29, 0.717) is 28.6 Å². The Morgan fingerprint density at radius 1 is 1.00 bits per heavy atom. The standard InChI is InChI=1S/C20H23N3O3S/c1-14(2)23-16(4)20(15(3)21-23)27(24,25)22-18-12-8-9-13-19(18)26-17-10-6-5-7-11-17/h5-14,22H,1-4H3. The first kappa shape index (κ1) is 19.0. The van der Waals surface area contributed by atoms with Crippen LogP contribution < -0.4 is 9.46 Å². The molecular weight excluding hydrogens is 362 g/mol. The Balaban J connectivity index is 1.96. The van der Waals surface area contributed by atoms with Crippen LogP contribution >= 0.6 is 0 Å². The van der Waals surface area contributed by atoms with Crippen molar-refractivity contribution in [2.75, 3.05) is 4.72 Å². The van der Waals surface area contributed by atoms with Gasteiger partial charge in [0.15, 0.2) is 5.75 Å². The van der Waals surface area contributed by atoms with E-state index < -0.39 is 10.0 Å². The fourth-order valence-electron chi connectivity index (χ4n) is 2.99. The molecule has 0 saturated carbocycles. The predicted molar refractivity (Wildman–Crippen MR) is 106 cm³/mol. The van der Waals surface area contributed by atoms with Gasteiger partial charge in [0.1, 0.15) is 10.6 Å². The predicted octanol–water partition coefficient (Wildman–Crippen LogP) is 4.67. The third-order valence-corrected chi connectivity index (χ3v) is 5.74. The Kier molecular flexibility index (Phi) is 5.23. The van der Waals surface area contributed by atoms with Gasteiger partial charge in [-0.15, -0.1) is 0 Å². The van der Waals surface area contributed by atoms with Gasteiger partial charge in [0, 0.05) is 6.04 Å². The first-order valence-electron chi connectivity index (χ1n) is 8.70. The second-order valence-corrected chi connectivity index (χ2v) is 8.17. The zero-order valence-electron chi connectivity index (χ0n) is 15.8. The van der Waals surface area contributed by atoms with Crippen molar-refractivity contribution in [2.24, 2.45) is 0 Å². The molecule has 1 heterocycles. The Bertz CT molecular complexity index is 1040. The molecule has 2 aromatic carbocycles. The Morgan fingerprint density at radius 2 is 1.63 bits per heavy atom. The summed E-state index contributed by atoms with van der Waals surface area (Å²) in [7, 11) is -3.82. The summed E-state index contributed by atoms with van der Waals surface area (Å²) < 4.78 is 36.3. The van der Waals surface area contributed by atoms with Crippen LogP contribution in [0.15, 0.2) is 59.5 Å². The first-order valence-corrected chi connectivity index (χ1v) is 10.2. The lowest BCUT2D eigenvalue weighted by atomic mass is 10.3. The number of hydrogen-bond acceptors (Lipinski definition) is 4. The van der Waals surface area contributed by atoms with Gasteiger partial charge in [0.2, 0.25) is 0 Å². The van der Waals surface area contributed by atoms with Gasteiger partial charge in [-0.2, -0.15) is 5.10 Å². The summed E-state index contributed by atoms with van der Waals surface area (Å²) in [6.07, 6.45) is 0. The number of sulfonamides is 1. The zero-order valence-corrected chi connectivity index (χ0v) is 16.6. The number of anilines is 1. The summed E-state index contributed by atoms with van der Waals surface area (Å²) in [5.41, 5.74) is 1.45. The molecular formula is C20H23N3O3S. The lowest BCUT2D eigenvalue weighted by molar-refractivity contribution is 0.485. The molecule has 7 heteroatoms. The molecule has 0 fully saturated rings. The van der Waals surface area contributed by atoms with Crippen LogP contribution in [0.2, 0.25) is 0 Å². The van der Waals surface area contributed by atoms with E-state index in [4.69, 9.17) is 4.74 Å². The average Bonchev–Trinajstić information content (AvgIpc) is 2.93. The Morgan fingerprint density at radius 3 is 2.26 bits per heavy atom. The molecule has 0 aliphatic rings. The van der Waals surface area contributed by atoms with Crippen molar-refractivity contribution >= 4 is 15.7 Å². The molecule has 6 nitrogen and oxygen atoms in total. The molecule has 0 bridgehead atoms. The summed E-state index contributed by atoms with van der Waals surface area (Å²) in [6.45, 7) is 7.40. The number of para-hydroxylation sites is 3. The van der Waals surface area contributed by atoms with Gasteiger partial charge in [-0.05, 0) is 52.0 Å². The van der Waals surface area contributed by atoms with Crippen LogP contribution in [-0.2, 0) is 10.0 Å². The highest BCUT2D eigenvalue weighted by Crippen LogP contribution is 2.32. The molecule has 0 amide bonds. The summed E-state index contributed by atoms with van der Waals surface area (Å²) >= 11 is 0. The summed E-state index contributed by atoms with van der Waals surface area (Å²) in [6, 6.07) is 16.2. The van der Waals surface area contributed by atoms with Crippen molar-refractivity contribution in [3.63, 3.8) is 0 Å². The molecule has 0 radical (unpaired) electrons. The SMILES string of the molecule is Cc1nn(C(C)C)c(C)c1S(=O)(=O)Nc1ccccc1Oc1ccccc1. The number of nitrogens with zero attached hydrogens (tertiary/aromatic N) is 2. The van der Waals surface area contributed by atoms with Crippen molar-refractivity contribution in [1.29, 1.82) is 0 Å². The number of benzene rings is 2. The van der Waals surface area contributed by atoms with E-state index >= 15 is 0 Å². The maximum absolute atomic E-state index is 13.1. The van der Waals surface area contributed by atoms with Crippen LogP contribution in [0.4, 0.5) is 5.69 Å². The molecule has 0 atom stereocenters. The quantitative estimate of drug-likeness (QED) is 0.669. The van der Waals surface area contributed by atoms with Gasteiger partial charge in [-0.3, -0.25) is 9.40 Å². The van der Waals surface area contributed by atoms with Crippen LogP contribution in [0.3, 0.4) is 0 Å². The van der Waals surface area contributed by atoms with Crippen LogP contribution in [0.5, 0.6) is 11.5 Å². The molecule has 0 unspecified atom stereocenters. The van der Waals surface area contributed by atoms with Crippen LogP contribution in [-0.4, -0.2) is 18.2 Å². The Labute approximate surface area is 159 Å². The summed E-state index contributed by atoms with van der Waals surface area (Å²) in [4.78, 5) is 0.200. The van der Waals surface area contributed by atoms with Gasteiger partial charge in [-0.1, -0.05) is 30.3 Å². The van der Waals surface area contributed by atoms with Gasteiger partial charge in [0.25, 0.3) is 10.0 Å². The molecule has 142 valence electrons. The van der Waals surface area contributed by atoms with E-state index in [1.165, 1.54) is 0 Å². The lowest BCUT2D eigenvalue weighted by Gasteiger charge is -2.14. The van der Waals surface area contributed by atoms with Gasteiger partial charge < -0.3 is 4.74 Å². The first-order chi connectivity index (χ1) is 12.8. The monoisotopic (exact) mass is 385 g/mol. The van der Waals surface area contributed by atoms with Crippen molar-refractivity contribution < 1.29 is 13.2 Å². The van der Waals surface area contributed by atoms with Gasteiger partial charge in [0.05, 0.1) is 17.1 Å². The molecule has 1 aromatic heterocycles. The van der Waals surface area contributed by atoms with Crippen molar-refractivity contribution in [3.8, 4) is 11.5 Å². The minimum absolute atomic E-state index is 0.0707. The van der Waals surface area contributed by atoms with Crippen molar-refractivity contribution in [2.45, 2.75) is 38.6 Å². The van der Waals surface area contributed by atoms with E-state index in [1.54, 1.807) is 42.8 Å². The van der Waals surface area contributed by atoms with E-state index in [-0.39, 0.29) is 10.9 Å². The smallest absolute Gasteiger partial charge is 0.265 e. The molecule has 0 spiro atoms. The average molecular weight is 385 g/mol. The minimum atomic E-state index is -3.82. The van der Waals surface area contributed by atoms with E-state index in [2.05, 4.69) is 9.82 Å². The third-order valence-electron chi connectivity index (χ3n) is 4.12. The number of ether oxygens (including phenoxy) is 1. The molecule has 0 aliphatic carbocycles. The van der Waals surface area contributed by atoms with E-state index in [0.717, 1.165) is 0 Å². The highest BCUT2D eigenvalue weighted by atomic mass is 32.2. The fourth-order valence-corrected chi connectivity index (χ4v) is 4.46. The molecule has 0 saturated heterocycles. The minimum Gasteiger partial charge on any atom is -0.455 e. The second-order valence-electron chi connectivity index (χ2n) is 6.56. The highest BCUT2D eigenvalue weighted by molar-refractivity contribution is 7.92. The molecule has 3 aromatic rings. The zero-order chi connectivity index (χ0) is 19.6. The summed E-state index contributed by atoms with van der Waals surface area (Å²) in [5, 5.41) is 4.37. The second kappa shape index (κ2) is 7.44. The highest BCUT2D eigenvalue weighted by Gasteiger charge is 2.26. The topological polar surface area (TPSA) is 73.2 Å². The summed E-state index contributed by atoms with van der Waals surface area (Å²) in [5.74, 6) is 1.06. The van der Waals surface area contributed by atoms with Crippen molar-refractivity contribution in [3.05, 3.63) is 66.0 Å². The van der Waals surface area contributed by atoms with Gasteiger partial charge >= 0.3 is 0 Å². The number of hydrogen-bond donors (Lipinski definition) is 1. The van der Waals surface area contributed by atoms with Crippen LogP contribution in [0.25, 0.3) is 0 Å². The number of aryl methyl sites for hydroxylation is 1. The van der Waals surface area contributed by atoms with Gasteiger partial charge in [-0.25, -0.2) is 8.42 Å². The lowest BCUT2D eigenvalue weighted by Crippen LogP contribution is -2.15.